The molecule has 1 aromatic heterocycles. The number of likely N-dealkylation sites (N-methyl/N-ethyl adjacent to an activating group) is 1. The van der Waals surface area contributed by atoms with E-state index in [0.29, 0.717) is 13.2 Å². The van der Waals surface area contributed by atoms with Gasteiger partial charge >= 0.3 is 0 Å². The molecule has 0 aliphatic carbocycles. The van der Waals surface area contributed by atoms with Crippen LogP contribution in [-0.2, 0) is 9.53 Å². The highest BCUT2D eigenvalue weighted by atomic mass is 16.5. The highest BCUT2D eigenvalue weighted by Gasteiger charge is 2.33. The monoisotopic (exact) mass is 265 g/mol. The van der Waals surface area contributed by atoms with Crippen molar-refractivity contribution in [2.24, 2.45) is 0 Å². The largest absolute Gasteiger partial charge is 0.377 e. The van der Waals surface area contributed by atoms with Crippen LogP contribution in [0.25, 0.3) is 0 Å². The van der Waals surface area contributed by atoms with Crippen LogP contribution in [0.5, 0.6) is 0 Å². The number of carbonyl (C=O) groups excluding carboxylic acids is 2. The van der Waals surface area contributed by atoms with E-state index in [9.17, 15) is 14.4 Å². The van der Waals surface area contributed by atoms with Crippen LogP contribution in [0, 0.1) is 0 Å². The molecule has 7 nitrogen and oxygen atoms in total. The van der Waals surface area contributed by atoms with Gasteiger partial charge in [0.25, 0.3) is 5.91 Å². The number of carbonyl (C=O) groups is 2. The SMILES string of the molecule is CNC(=O)C1COCCN1C(=O)c1cccc(=O)[nH]1. The number of H-pyrrole nitrogens is 1. The van der Waals surface area contributed by atoms with Gasteiger partial charge in [0.15, 0.2) is 0 Å². The minimum absolute atomic E-state index is 0.155. The number of nitrogens with one attached hydrogen (secondary N) is 2. The molecule has 0 aromatic carbocycles. The number of ether oxygens (including phenoxy) is 1. The van der Waals surface area contributed by atoms with Gasteiger partial charge in [-0.1, -0.05) is 6.07 Å². The molecule has 1 aliphatic rings. The summed E-state index contributed by atoms with van der Waals surface area (Å²) in [6.07, 6.45) is 0. The molecule has 1 atom stereocenters. The Kier molecular flexibility index (Phi) is 3.96. The van der Waals surface area contributed by atoms with Crippen LogP contribution < -0.4 is 10.9 Å². The highest BCUT2D eigenvalue weighted by molar-refractivity contribution is 5.96. The van der Waals surface area contributed by atoms with Gasteiger partial charge in [-0.05, 0) is 6.07 Å². The number of amides is 2. The number of aromatic amines is 1. The van der Waals surface area contributed by atoms with E-state index in [4.69, 9.17) is 4.74 Å². The quantitative estimate of drug-likeness (QED) is 0.714. The summed E-state index contributed by atoms with van der Waals surface area (Å²) in [6, 6.07) is 3.67. The smallest absolute Gasteiger partial charge is 0.271 e. The zero-order valence-electron chi connectivity index (χ0n) is 10.5. The first kappa shape index (κ1) is 13.3. The fourth-order valence-electron chi connectivity index (χ4n) is 1.96. The van der Waals surface area contributed by atoms with Gasteiger partial charge in [-0.3, -0.25) is 14.4 Å². The van der Waals surface area contributed by atoms with E-state index < -0.39 is 6.04 Å². The molecular formula is C12H15N3O4. The Bertz CT molecular complexity index is 540. The van der Waals surface area contributed by atoms with E-state index in [1.807, 2.05) is 0 Å². The number of hydrogen-bond acceptors (Lipinski definition) is 4. The molecule has 1 aliphatic heterocycles. The molecule has 2 N–H and O–H groups in total. The van der Waals surface area contributed by atoms with Gasteiger partial charge in [-0.25, -0.2) is 0 Å². The lowest BCUT2D eigenvalue weighted by molar-refractivity contribution is -0.130. The van der Waals surface area contributed by atoms with Crippen molar-refractivity contribution in [2.75, 3.05) is 26.8 Å². The van der Waals surface area contributed by atoms with Crippen molar-refractivity contribution in [3.05, 3.63) is 34.2 Å². The van der Waals surface area contributed by atoms with Crippen molar-refractivity contribution in [1.29, 1.82) is 0 Å². The molecule has 7 heteroatoms. The summed E-state index contributed by atoms with van der Waals surface area (Å²) in [7, 11) is 1.50. The first-order valence-electron chi connectivity index (χ1n) is 5.93. The van der Waals surface area contributed by atoms with E-state index in [-0.39, 0.29) is 29.7 Å². The van der Waals surface area contributed by atoms with Crippen LogP contribution in [-0.4, -0.2) is 54.5 Å². The van der Waals surface area contributed by atoms with Gasteiger partial charge in [0.1, 0.15) is 11.7 Å². The summed E-state index contributed by atoms with van der Waals surface area (Å²) in [5, 5.41) is 2.50. The van der Waals surface area contributed by atoms with Gasteiger partial charge in [-0.15, -0.1) is 0 Å². The van der Waals surface area contributed by atoms with Gasteiger partial charge in [-0.2, -0.15) is 0 Å². The van der Waals surface area contributed by atoms with Crippen molar-refractivity contribution in [3.8, 4) is 0 Å². The lowest BCUT2D eigenvalue weighted by Crippen LogP contribution is -2.55. The van der Waals surface area contributed by atoms with E-state index in [1.54, 1.807) is 0 Å². The summed E-state index contributed by atoms with van der Waals surface area (Å²) in [5.41, 5.74) is -0.182. The molecule has 102 valence electrons. The molecule has 0 spiro atoms. The molecule has 0 saturated carbocycles. The Labute approximate surface area is 109 Å². The van der Waals surface area contributed by atoms with E-state index in [0.717, 1.165) is 0 Å². The Balaban J connectivity index is 2.25. The maximum Gasteiger partial charge on any atom is 0.271 e. The summed E-state index contributed by atoms with van der Waals surface area (Å²) in [5.74, 6) is -0.666. The lowest BCUT2D eigenvalue weighted by atomic mass is 10.2. The summed E-state index contributed by atoms with van der Waals surface area (Å²) in [4.78, 5) is 39.1. The van der Waals surface area contributed by atoms with Crippen LogP contribution in [0.15, 0.2) is 23.0 Å². The first-order valence-corrected chi connectivity index (χ1v) is 5.93. The minimum atomic E-state index is -0.671. The zero-order valence-corrected chi connectivity index (χ0v) is 10.5. The number of hydrogen-bond donors (Lipinski definition) is 2. The van der Waals surface area contributed by atoms with Gasteiger partial charge in [0, 0.05) is 19.7 Å². The molecule has 1 aromatic rings. The lowest BCUT2D eigenvalue weighted by Gasteiger charge is -2.34. The zero-order chi connectivity index (χ0) is 13.8. The second kappa shape index (κ2) is 5.66. The summed E-state index contributed by atoms with van der Waals surface area (Å²) in [6.45, 7) is 0.840. The predicted octanol–water partition coefficient (Wildman–Crippen LogP) is -1.04. The van der Waals surface area contributed by atoms with Crippen LogP contribution in [0.3, 0.4) is 0 Å². The Hall–Kier alpha value is -2.15. The van der Waals surface area contributed by atoms with Crippen molar-refractivity contribution in [1.82, 2.24) is 15.2 Å². The van der Waals surface area contributed by atoms with Crippen LogP contribution in [0.4, 0.5) is 0 Å². The molecule has 0 radical (unpaired) electrons. The van der Waals surface area contributed by atoms with Crippen LogP contribution in [0.1, 0.15) is 10.5 Å². The third kappa shape index (κ3) is 2.82. The second-order valence-electron chi connectivity index (χ2n) is 4.13. The van der Waals surface area contributed by atoms with E-state index in [1.165, 1.54) is 30.1 Å². The number of pyridine rings is 1. The third-order valence-corrected chi connectivity index (χ3v) is 2.94. The average molecular weight is 265 g/mol. The van der Waals surface area contributed by atoms with Crippen LogP contribution >= 0.6 is 0 Å². The van der Waals surface area contributed by atoms with Gasteiger partial charge in [0.05, 0.1) is 13.2 Å². The average Bonchev–Trinajstić information content (AvgIpc) is 2.45. The number of rotatable bonds is 2. The van der Waals surface area contributed by atoms with Crippen LogP contribution in [0.2, 0.25) is 0 Å². The van der Waals surface area contributed by atoms with Gasteiger partial charge < -0.3 is 19.9 Å². The fraction of sp³-hybridized carbons (Fsp3) is 0.417. The van der Waals surface area contributed by atoms with E-state index >= 15 is 0 Å². The van der Waals surface area contributed by atoms with Crippen molar-refractivity contribution in [2.45, 2.75) is 6.04 Å². The Morgan fingerprint density at radius 1 is 1.47 bits per heavy atom. The Morgan fingerprint density at radius 2 is 2.26 bits per heavy atom. The maximum atomic E-state index is 12.3. The number of morpholine rings is 1. The maximum absolute atomic E-state index is 12.3. The van der Waals surface area contributed by atoms with Crippen molar-refractivity contribution < 1.29 is 14.3 Å². The summed E-state index contributed by atoms with van der Waals surface area (Å²) >= 11 is 0. The molecule has 1 saturated heterocycles. The molecule has 19 heavy (non-hydrogen) atoms. The minimum Gasteiger partial charge on any atom is -0.377 e. The second-order valence-corrected chi connectivity index (χ2v) is 4.13. The molecular weight excluding hydrogens is 250 g/mol. The number of aromatic nitrogens is 1. The topological polar surface area (TPSA) is 91.5 Å². The summed E-state index contributed by atoms with van der Waals surface area (Å²) < 4.78 is 5.22. The molecule has 0 bridgehead atoms. The fourth-order valence-corrected chi connectivity index (χ4v) is 1.96. The predicted molar refractivity (Wildman–Crippen MR) is 66.8 cm³/mol. The Morgan fingerprint density at radius 3 is 2.95 bits per heavy atom. The highest BCUT2D eigenvalue weighted by Crippen LogP contribution is 2.11. The van der Waals surface area contributed by atoms with Crippen molar-refractivity contribution in [3.63, 3.8) is 0 Å². The normalized spacial score (nSPS) is 19.0. The standard InChI is InChI=1S/C12H15N3O4/c1-13-11(17)9-7-19-6-5-15(9)12(18)8-3-2-4-10(16)14-8/h2-4,9H,5-7H2,1H3,(H,13,17)(H,14,16). The molecule has 2 heterocycles. The van der Waals surface area contributed by atoms with Gasteiger partial charge in [0.2, 0.25) is 11.5 Å². The van der Waals surface area contributed by atoms with E-state index in [2.05, 4.69) is 10.3 Å². The molecule has 2 amide bonds. The third-order valence-electron chi connectivity index (χ3n) is 2.94. The first-order chi connectivity index (χ1) is 9.13. The number of nitrogens with zero attached hydrogens (tertiary/aromatic N) is 1. The van der Waals surface area contributed by atoms with Crippen molar-refractivity contribution >= 4 is 11.8 Å². The molecule has 2 rings (SSSR count). The molecule has 1 fully saturated rings. The molecule has 1 unspecified atom stereocenters.